The van der Waals surface area contributed by atoms with Gasteiger partial charge in [-0.25, -0.2) is 0 Å². The predicted octanol–water partition coefficient (Wildman–Crippen LogP) is 17.4. The van der Waals surface area contributed by atoms with Crippen LogP contribution < -0.4 is 9.80 Å². The number of hydrogen-bond donors (Lipinski definition) is 0. The van der Waals surface area contributed by atoms with Crippen molar-refractivity contribution in [3.8, 4) is 33.4 Å². The minimum atomic E-state index is -0.141. The summed E-state index contributed by atoms with van der Waals surface area (Å²) in [4.78, 5) is 5.05. The lowest BCUT2D eigenvalue weighted by Crippen LogP contribution is -2.15. The van der Waals surface area contributed by atoms with Crippen molar-refractivity contribution in [3.05, 3.63) is 239 Å². The van der Waals surface area contributed by atoms with Crippen molar-refractivity contribution in [2.75, 3.05) is 9.80 Å². The minimum absolute atomic E-state index is 0.141. The molecule has 1 aliphatic carbocycles. The molecule has 0 atom stereocenters. The van der Waals surface area contributed by atoms with Crippen LogP contribution in [0.4, 0.5) is 34.1 Å². The van der Waals surface area contributed by atoms with Gasteiger partial charge in [-0.2, -0.15) is 0 Å². The van der Waals surface area contributed by atoms with E-state index in [1.54, 1.807) is 0 Å². The molecule has 0 amide bonds. The highest BCUT2D eigenvalue weighted by molar-refractivity contribution is 6.23. The summed E-state index contributed by atoms with van der Waals surface area (Å²) >= 11 is 0. The van der Waals surface area contributed by atoms with Crippen LogP contribution in [0.5, 0.6) is 0 Å². The molecule has 0 N–H and O–H groups in total. The van der Waals surface area contributed by atoms with Crippen molar-refractivity contribution in [1.29, 1.82) is 0 Å². The van der Waals surface area contributed by atoms with E-state index in [1.807, 2.05) is 0 Å². The molecule has 3 aliphatic rings. The van der Waals surface area contributed by atoms with Gasteiger partial charge in [0.1, 0.15) is 0 Å². The summed E-state index contributed by atoms with van der Waals surface area (Å²) in [5, 5.41) is 5.01. The van der Waals surface area contributed by atoms with Gasteiger partial charge < -0.3 is 9.80 Å². The average molecular weight is 861 g/mol. The number of anilines is 6. The Hall–Kier alpha value is -7.68. The van der Waals surface area contributed by atoms with Crippen molar-refractivity contribution in [2.45, 2.75) is 58.8 Å². The molecule has 0 bridgehead atoms. The van der Waals surface area contributed by atoms with E-state index in [4.69, 9.17) is 0 Å². The summed E-state index contributed by atoms with van der Waals surface area (Å²) in [7, 11) is 0. The lowest BCUT2D eigenvalue weighted by atomic mass is 9.80. The normalized spacial score (nSPS) is 14.4. The highest BCUT2D eigenvalue weighted by Crippen LogP contribution is 2.53. The van der Waals surface area contributed by atoms with Gasteiger partial charge >= 0.3 is 0 Å². The quantitative estimate of drug-likeness (QED) is 0.163. The molecule has 10 aromatic carbocycles. The Balaban J connectivity index is 1.15. The average Bonchev–Trinajstić information content (AvgIpc) is 3.48. The maximum atomic E-state index is 2.53. The molecular weight excluding hydrogens is 809 g/mol. The maximum Gasteiger partial charge on any atom is 0.0493 e. The Labute approximate surface area is 394 Å². The molecule has 2 nitrogen and oxygen atoms in total. The third-order valence-corrected chi connectivity index (χ3v) is 15.5. The molecule has 0 spiro atoms. The standard InChI is InChI=1S/C65H52N2/c1-41-25-26-47(37-42(41)2)63-53-35-32-50(67-61-23-13-7-17-45(61)29-30-46-18-8-14-24-62(46)67)40-56(53)64(48-31-34-52-51-19-9-10-20-57(51)65(3,4)58(52)38-48)54-36-33-49(39-55(54)63)66-59-21-11-5-15-43(59)27-28-44-16-6-12-22-60(44)66/h5-26,31-40H,27-30H2,1-4H3. The molecule has 2 heteroatoms. The van der Waals surface area contributed by atoms with E-state index in [0.717, 1.165) is 25.7 Å². The second-order valence-electron chi connectivity index (χ2n) is 19.6. The van der Waals surface area contributed by atoms with Gasteiger partial charge in [-0.3, -0.25) is 0 Å². The van der Waals surface area contributed by atoms with Crippen molar-refractivity contribution >= 4 is 55.7 Å². The first kappa shape index (κ1) is 39.7. The molecule has 0 radical (unpaired) electrons. The fraction of sp³-hybridized carbons (Fsp3) is 0.138. The Bertz CT molecular complexity index is 3570. The Kier molecular flexibility index (Phi) is 8.99. The van der Waals surface area contributed by atoms with Crippen molar-refractivity contribution in [1.82, 2.24) is 0 Å². The van der Waals surface area contributed by atoms with E-state index in [-0.39, 0.29) is 5.41 Å². The summed E-state index contributed by atoms with van der Waals surface area (Å²) in [6.07, 6.45) is 4.02. The van der Waals surface area contributed by atoms with Gasteiger partial charge in [0.2, 0.25) is 0 Å². The first-order valence-electron chi connectivity index (χ1n) is 24.1. The zero-order valence-corrected chi connectivity index (χ0v) is 38.7. The van der Waals surface area contributed by atoms with Crippen LogP contribution in [0.25, 0.3) is 54.9 Å². The molecule has 0 aromatic heterocycles. The first-order valence-corrected chi connectivity index (χ1v) is 24.1. The molecule has 13 rings (SSSR count). The van der Waals surface area contributed by atoms with E-state index >= 15 is 0 Å². The lowest BCUT2D eigenvalue weighted by molar-refractivity contribution is 0.660. The SMILES string of the molecule is Cc1ccc(-c2c3ccc(N4c5ccccc5CCc5ccccc54)cc3c(-c3ccc4c(c3)C(C)(C)c3ccccc3-4)c3ccc(N4c5ccccc5CCc5ccccc54)cc23)cc1C. The van der Waals surface area contributed by atoms with E-state index in [0.29, 0.717) is 0 Å². The summed E-state index contributed by atoms with van der Waals surface area (Å²) < 4.78 is 0. The minimum Gasteiger partial charge on any atom is -0.310 e. The van der Waals surface area contributed by atoms with Gasteiger partial charge in [0.25, 0.3) is 0 Å². The van der Waals surface area contributed by atoms with Gasteiger partial charge in [-0.15, -0.1) is 0 Å². The highest BCUT2D eigenvalue weighted by atomic mass is 15.2. The summed E-state index contributed by atoms with van der Waals surface area (Å²) in [6.45, 7) is 9.28. The molecule has 2 aliphatic heterocycles. The highest BCUT2D eigenvalue weighted by Gasteiger charge is 2.36. The van der Waals surface area contributed by atoms with Crippen LogP contribution in [0.1, 0.15) is 58.4 Å². The number of fused-ring (bicyclic) bond motifs is 9. The largest absolute Gasteiger partial charge is 0.310 e. The van der Waals surface area contributed by atoms with Crippen LogP contribution in [0.2, 0.25) is 0 Å². The topological polar surface area (TPSA) is 6.48 Å². The van der Waals surface area contributed by atoms with E-state index in [1.165, 1.54) is 134 Å². The number of nitrogens with zero attached hydrogens (tertiary/aromatic N) is 2. The monoisotopic (exact) mass is 860 g/mol. The van der Waals surface area contributed by atoms with Crippen LogP contribution in [-0.4, -0.2) is 0 Å². The van der Waals surface area contributed by atoms with E-state index in [2.05, 4.69) is 232 Å². The lowest BCUT2D eigenvalue weighted by Gasteiger charge is -2.29. The molecule has 322 valence electrons. The molecule has 2 heterocycles. The van der Waals surface area contributed by atoms with Crippen LogP contribution in [0.15, 0.2) is 194 Å². The molecule has 0 saturated carbocycles. The molecule has 67 heavy (non-hydrogen) atoms. The van der Waals surface area contributed by atoms with Crippen molar-refractivity contribution < 1.29 is 0 Å². The Morgan fingerprint density at radius 3 is 1.25 bits per heavy atom. The van der Waals surface area contributed by atoms with Crippen LogP contribution >= 0.6 is 0 Å². The van der Waals surface area contributed by atoms with Crippen LogP contribution in [0, 0.1) is 13.8 Å². The summed E-state index contributed by atoms with van der Waals surface area (Å²) in [5.41, 5.74) is 25.8. The zero-order chi connectivity index (χ0) is 45.0. The van der Waals surface area contributed by atoms with Gasteiger partial charge in [0.05, 0.1) is 0 Å². The van der Waals surface area contributed by atoms with Gasteiger partial charge in [0, 0.05) is 39.5 Å². The molecule has 0 saturated heterocycles. The Morgan fingerprint density at radius 2 is 0.761 bits per heavy atom. The van der Waals surface area contributed by atoms with Crippen molar-refractivity contribution in [2.24, 2.45) is 0 Å². The second kappa shape index (κ2) is 15.2. The third-order valence-electron chi connectivity index (χ3n) is 15.5. The van der Waals surface area contributed by atoms with Crippen molar-refractivity contribution in [3.63, 3.8) is 0 Å². The fourth-order valence-electron chi connectivity index (χ4n) is 12.0. The van der Waals surface area contributed by atoms with Crippen LogP contribution in [-0.2, 0) is 31.1 Å². The maximum absolute atomic E-state index is 2.53. The van der Waals surface area contributed by atoms with Gasteiger partial charge in [-0.05, 0) is 194 Å². The van der Waals surface area contributed by atoms with Gasteiger partial charge in [0.15, 0.2) is 0 Å². The van der Waals surface area contributed by atoms with E-state index < -0.39 is 0 Å². The first-order chi connectivity index (χ1) is 32.8. The number of aryl methyl sites for hydroxylation is 6. The zero-order valence-electron chi connectivity index (χ0n) is 38.7. The second-order valence-corrected chi connectivity index (χ2v) is 19.6. The van der Waals surface area contributed by atoms with Gasteiger partial charge in [-0.1, -0.05) is 153 Å². The molecular formula is C65H52N2. The summed E-state index contributed by atoms with van der Waals surface area (Å²) in [6, 6.07) is 74.1. The number of benzene rings is 10. The third kappa shape index (κ3) is 6.16. The molecule has 0 unspecified atom stereocenters. The fourth-order valence-corrected chi connectivity index (χ4v) is 12.0. The van der Waals surface area contributed by atoms with Crippen LogP contribution in [0.3, 0.4) is 0 Å². The number of para-hydroxylation sites is 4. The molecule has 0 fully saturated rings. The molecule has 10 aromatic rings. The number of rotatable bonds is 4. The number of hydrogen-bond acceptors (Lipinski definition) is 2. The van der Waals surface area contributed by atoms with E-state index in [9.17, 15) is 0 Å². The smallest absolute Gasteiger partial charge is 0.0493 e. The summed E-state index contributed by atoms with van der Waals surface area (Å²) in [5.74, 6) is 0. The predicted molar refractivity (Wildman–Crippen MR) is 284 cm³/mol. The Morgan fingerprint density at radius 1 is 0.343 bits per heavy atom.